The average molecular weight is 279 g/mol. The summed E-state index contributed by atoms with van der Waals surface area (Å²) in [5.74, 6) is 6.27. The third kappa shape index (κ3) is 2.78. The number of hydrogen-bond donors (Lipinski definition) is 3. The second-order valence-corrected chi connectivity index (χ2v) is 4.40. The summed E-state index contributed by atoms with van der Waals surface area (Å²) in [5.41, 5.74) is 10.7. The molecule has 1 aromatic carbocycles. The maximum absolute atomic E-state index is 5.98. The van der Waals surface area contributed by atoms with E-state index in [1.54, 1.807) is 31.5 Å². The van der Waals surface area contributed by atoms with Gasteiger partial charge in [-0.2, -0.15) is 0 Å². The second-order valence-electron chi connectivity index (χ2n) is 3.96. The zero-order valence-corrected chi connectivity index (χ0v) is 11.2. The number of nitrogens with two attached hydrogens (primary N) is 2. The first kappa shape index (κ1) is 13.6. The second kappa shape index (κ2) is 5.88. The molecule has 19 heavy (non-hydrogen) atoms. The molecular formula is C13H15ClN4O. The van der Waals surface area contributed by atoms with Gasteiger partial charge in [-0.15, -0.1) is 0 Å². The normalized spacial score (nSPS) is 12.2. The number of nitrogens with zero attached hydrogens (tertiary/aromatic N) is 1. The van der Waals surface area contributed by atoms with E-state index in [4.69, 9.17) is 27.9 Å². The highest BCUT2D eigenvalue weighted by Crippen LogP contribution is 2.31. The monoisotopic (exact) mass is 278 g/mol. The van der Waals surface area contributed by atoms with Crippen LogP contribution in [0.25, 0.3) is 0 Å². The number of nitrogen functional groups attached to an aromatic ring is 1. The Kier molecular flexibility index (Phi) is 4.21. The molecule has 1 heterocycles. The van der Waals surface area contributed by atoms with Gasteiger partial charge in [0.2, 0.25) is 0 Å². The summed E-state index contributed by atoms with van der Waals surface area (Å²) in [6.07, 6.45) is 1.67. The molecule has 0 amide bonds. The highest BCUT2D eigenvalue weighted by atomic mass is 35.5. The summed E-state index contributed by atoms with van der Waals surface area (Å²) in [6.45, 7) is 0. The molecule has 0 aliphatic heterocycles. The van der Waals surface area contributed by atoms with Crippen molar-refractivity contribution in [3.8, 4) is 5.75 Å². The van der Waals surface area contributed by atoms with Crippen molar-refractivity contribution in [3.63, 3.8) is 0 Å². The van der Waals surface area contributed by atoms with Crippen molar-refractivity contribution in [3.05, 3.63) is 52.8 Å². The van der Waals surface area contributed by atoms with E-state index in [2.05, 4.69) is 10.4 Å². The van der Waals surface area contributed by atoms with Gasteiger partial charge in [0.1, 0.15) is 11.4 Å². The number of nitrogens with one attached hydrogen (secondary N) is 1. The lowest BCUT2D eigenvalue weighted by Crippen LogP contribution is -2.30. The van der Waals surface area contributed by atoms with Crippen LogP contribution in [0.5, 0.6) is 5.75 Å². The van der Waals surface area contributed by atoms with Crippen LogP contribution in [-0.4, -0.2) is 12.1 Å². The number of ether oxygens (including phenoxy) is 1. The minimum absolute atomic E-state index is 0.367. The Bertz CT molecular complexity index is 576. The van der Waals surface area contributed by atoms with Crippen LogP contribution < -0.4 is 21.7 Å². The van der Waals surface area contributed by atoms with Gasteiger partial charge in [0.25, 0.3) is 0 Å². The van der Waals surface area contributed by atoms with Crippen molar-refractivity contribution in [1.82, 2.24) is 10.4 Å². The number of anilines is 1. The molecule has 5 nitrogen and oxygen atoms in total. The van der Waals surface area contributed by atoms with Crippen LogP contribution in [0.1, 0.15) is 17.3 Å². The SMILES string of the molecule is COc1cccnc1C(NN)c1ccc(Cl)cc1N. The summed E-state index contributed by atoms with van der Waals surface area (Å²) < 4.78 is 5.29. The van der Waals surface area contributed by atoms with Crippen molar-refractivity contribution >= 4 is 17.3 Å². The molecule has 2 rings (SSSR count). The summed E-state index contributed by atoms with van der Waals surface area (Å²) in [7, 11) is 1.58. The molecule has 0 aliphatic rings. The molecular weight excluding hydrogens is 264 g/mol. The van der Waals surface area contributed by atoms with Gasteiger partial charge in [0.05, 0.1) is 13.2 Å². The number of methoxy groups -OCH3 is 1. The van der Waals surface area contributed by atoms with E-state index in [9.17, 15) is 0 Å². The van der Waals surface area contributed by atoms with Crippen LogP contribution in [0.3, 0.4) is 0 Å². The maximum Gasteiger partial charge on any atom is 0.142 e. The fourth-order valence-electron chi connectivity index (χ4n) is 1.92. The molecule has 5 N–H and O–H groups in total. The zero-order valence-electron chi connectivity index (χ0n) is 10.4. The van der Waals surface area contributed by atoms with Gasteiger partial charge >= 0.3 is 0 Å². The van der Waals surface area contributed by atoms with E-state index in [0.717, 1.165) is 5.56 Å². The van der Waals surface area contributed by atoms with Crippen molar-refractivity contribution in [2.24, 2.45) is 5.84 Å². The van der Waals surface area contributed by atoms with Gasteiger partial charge in [0.15, 0.2) is 0 Å². The van der Waals surface area contributed by atoms with Gasteiger partial charge in [-0.25, -0.2) is 5.43 Å². The summed E-state index contributed by atoms with van der Waals surface area (Å²) in [4.78, 5) is 4.30. The number of hydrazine groups is 1. The highest BCUT2D eigenvalue weighted by molar-refractivity contribution is 6.30. The fraction of sp³-hybridized carbons (Fsp3) is 0.154. The van der Waals surface area contributed by atoms with E-state index >= 15 is 0 Å². The average Bonchev–Trinajstić information content (AvgIpc) is 2.42. The fourth-order valence-corrected chi connectivity index (χ4v) is 2.10. The summed E-state index contributed by atoms with van der Waals surface area (Å²) in [5, 5.41) is 0.574. The third-order valence-corrected chi connectivity index (χ3v) is 3.05. The van der Waals surface area contributed by atoms with Gasteiger partial charge in [-0.3, -0.25) is 10.8 Å². The van der Waals surface area contributed by atoms with Crippen molar-refractivity contribution in [2.45, 2.75) is 6.04 Å². The van der Waals surface area contributed by atoms with E-state index < -0.39 is 0 Å². The quantitative estimate of drug-likeness (QED) is 0.452. The molecule has 0 saturated heterocycles. The van der Waals surface area contributed by atoms with Crippen LogP contribution in [0.2, 0.25) is 5.02 Å². The molecule has 6 heteroatoms. The van der Waals surface area contributed by atoms with Crippen LogP contribution in [0, 0.1) is 0 Å². The summed E-state index contributed by atoms with van der Waals surface area (Å²) in [6, 6.07) is 8.49. The molecule has 1 atom stereocenters. The van der Waals surface area contributed by atoms with Crippen molar-refractivity contribution in [1.29, 1.82) is 0 Å². The van der Waals surface area contributed by atoms with Gasteiger partial charge in [0, 0.05) is 16.9 Å². The maximum atomic E-state index is 5.98. The predicted molar refractivity (Wildman–Crippen MR) is 75.8 cm³/mol. The number of rotatable bonds is 4. The minimum atomic E-state index is -0.367. The number of hydrogen-bond acceptors (Lipinski definition) is 5. The van der Waals surface area contributed by atoms with Crippen LogP contribution in [0.4, 0.5) is 5.69 Å². The first-order chi connectivity index (χ1) is 9.17. The first-order valence-electron chi connectivity index (χ1n) is 5.67. The largest absolute Gasteiger partial charge is 0.495 e. The number of aromatic nitrogens is 1. The molecule has 2 aromatic rings. The lowest BCUT2D eigenvalue weighted by molar-refractivity contribution is 0.400. The van der Waals surface area contributed by atoms with Crippen LogP contribution >= 0.6 is 11.6 Å². The zero-order chi connectivity index (χ0) is 13.8. The Balaban J connectivity index is 2.50. The highest BCUT2D eigenvalue weighted by Gasteiger charge is 2.20. The Hall–Kier alpha value is -1.82. The van der Waals surface area contributed by atoms with E-state index in [-0.39, 0.29) is 6.04 Å². The molecule has 0 aliphatic carbocycles. The minimum Gasteiger partial charge on any atom is -0.495 e. The van der Waals surface area contributed by atoms with E-state index in [1.807, 2.05) is 12.1 Å². The molecule has 0 fully saturated rings. The van der Waals surface area contributed by atoms with Crippen LogP contribution in [-0.2, 0) is 0 Å². The van der Waals surface area contributed by atoms with E-state index in [0.29, 0.717) is 22.2 Å². The van der Waals surface area contributed by atoms with Gasteiger partial charge in [-0.05, 0) is 29.8 Å². The number of pyridine rings is 1. The van der Waals surface area contributed by atoms with Crippen molar-refractivity contribution in [2.75, 3.05) is 12.8 Å². The standard InChI is InChI=1S/C13H15ClN4O/c1-19-11-3-2-6-17-13(11)12(18-16)9-5-4-8(14)7-10(9)15/h2-7,12,18H,15-16H2,1H3. The molecule has 0 spiro atoms. The lowest BCUT2D eigenvalue weighted by Gasteiger charge is -2.19. The Morgan fingerprint density at radius 2 is 2.16 bits per heavy atom. The molecule has 1 unspecified atom stereocenters. The van der Waals surface area contributed by atoms with Crippen LogP contribution in [0.15, 0.2) is 36.5 Å². The number of benzene rings is 1. The van der Waals surface area contributed by atoms with E-state index in [1.165, 1.54) is 0 Å². The Labute approximate surface area is 116 Å². The Morgan fingerprint density at radius 1 is 1.37 bits per heavy atom. The lowest BCUT2D eigenvalue weighted by atomic mass is 10.0. The van der Waals surface area contributed by atoms with Gasteiger partial charge in [-0.1, -0.05) is 17.7 Å². The van der Waals surface area contributed by atoms with Crippen molar-refractivity contribution < 1.29 is 4.74 Å². The topological polar surface area (TPSA) is 86.2 Å². The van der Waals surface area contributed by atoms with Gasteiger partial charge < -0.3 is 10.5 Å². The summed E-state index contributed by atoms with van der Waals surface area (Å²) >= 11 is 5.90. The molecule has 0 saturated carbocycles. The number of halogens is 1. The first-order valence-corrected chi connectivity index (χ1v) is 6.05. The molecule has 100 valence electrons. The predicted octanol–water partition coefficient (Wildman–Crippen LogP) is 1.88. The Morgan fingerprint density at radius 3 is 2.79 bits per heavy atom. The molecule has 1 aromatic heterocycles. The third-order valence-electron chi connectivity index (χ3n) is 2.82. The molecule has 0 radical (unpaired) electrons. The smallest absolute Gasteiger partial charge is 0.142 e. The molecule has 0 bridgehead atoms.